The maximum atomic E-state index is 3.63. The molecule has 3 rings (SSSR count). The van der Waals surface area contributed by atoms with Crippen molar-refractivity contribution in [1.29, 1.82) is 0 Å². The SMILES string of the molecule is Cc1ccc2c(c1)C1NCCC1CS2. The Balaban J connectivity index is 2.07. The minimum atomic E-state index is 0.645. The van der Waals surface area contributed by atoms with Crippen molar-refractivity contribution in [2.45, 2.75) is 24.3 Å². The van der Waals surface area contributed by atoms with E-state index in [1.165, 1.54) is 29.2 Å². The largest absolute Gasteiger partial charge is 0.310 e. The molecular formula is C12H15NS. The Morgan fingerprint density at radius 3 is 3.29 bits per heavy atom. The van der Waals surface area contributed by atoms with Gasteiger partial charge in [0, 0.05) is 16.7 Å². The molecule has 1 nitrogen and oxygen atoms in total. The van der Waals surface area contributed by atoms with Gasteiger partial charge in [-0.1, -0.05) is 17.7 Å². The third-order valence-corrected chi connectivity index (χ3v) is 4.58. The zero-order valence-corrected chi connectivity index (χ0v) is 9.23. The molecule has 74 valence electrons. The number of fused-ring (bicyclic) bond motifs is 3. The first-order valence-corrected chi connectivity index (χ1v) is 6.30. The molecule has 2 aliphatic heterocycles. The van der Waals surface area contributed by atoms with Crippen molar-refractivity contribution in [3.05, 3.63) is 29.3 Å². The van der Waals surface area contributed by atoms with E-state index in [0.717, 1.165) is 5.92 Å². The molecule has 0 aliphatic carbocycles. The predicted molar refractivity (Wildman–Crippen MR) is 60.8 cm³/mol. The Bertz CT molecular complexity index is 361. The molecular weight excluding hydrogens is 190 g/mol. The second kappa shape index (κ2) is 3.28. The molecule has 2 heteroatoms. The first-order chi connectivity index (χ1) is 6.84. The van der Waals surface area contributed by atoms with Crippen LogP contribution in [0.4, 0.5) is 0 Å². The van der Waals surface area contributed by atoms with Crippen LogP contribution in [0.1, 0.15) is 23.6 Å². The summed E-state index contributed by atoms with van der Waals surface area (Å²) in [5, 5.41) is 3.63. The highest BCUT2D eigenvalue weighted by Crippen LogP contribution is 2.43. The van der Waals surface area contributed by atoms with E-state index in [0.29, 0.717) is 6.04 Å². The molecule has 0 spiro atoms. The maximum Gasteiger partial charge on any atom is 0.0368 e. The van der Waals surface area contributed by atoms with Gasteiger partial charge in [0.05, 0.1) is 0 Å². The maximum absolute atomic E-state index is 3.63. The summed E-state index contributed by atoms with van der Waals surface area (Å²) in [4.78, 5) is 1.49. The lowest BCUT2D eigenvalue weighted by atomic mass is 9.94. The van der Waals surface area contributed by atoms with Crippen LogP contribution in [0.25, 0.3) is 0 Å². The van der Waals surface area contributed by atoms with Crippen molar-refractivity contribution < 1.29 is 0 Å². The zero-order chi connectivity index (χ0) is 9.54. The predicted octanol–water partition coefficient (Wildman–Crippen LogP) is 2.75. The van der Waals surface area contributed by atoms with Gasteiger partial charge < -0.3 is 5.32 Å². The van der Waals surface area contributed by atoms with Crippen LogP contribution in [0, 0.1) is 12.8 Å². The minimum Gasteiger partial charge on any atom is -0.310 e. The van der Waals surface area contributed by atoms with Crippen LogP contribution in [0.2, 0.25) is 0 Å². The monoisotopic (exact) mass is 205 g/mol. The fourth-order valence-corrected chi connectivity index (χ4v) is 3.81. The van der Waals surface area contributed by atoms with Crippen LogP contribution in [0.3, 0.4) is 0 Å². The highest BCUT2D eigenvalue weighted by atomic mass is 32.2. The van der Waals surface area contributed by atoms with Gasteiger partial charge in [-0.05, 0) is 37.4 Å². The molecule has 0 aromatic heterocycles. The van der Waals surface area contributed by atoms with Crippen molar-refractivity contribution in [2.24, 2.45) is 5.92 Å². The fraction of sp³-hybridized carbons (Fsp3) is 0.500. The summed E-state index contributed by atoms with van der Waals surface area (Å²) in [5.74, 6) is 2.17. The van der Waals surface area contributed by atoms with Gasteiger partial charge >= 0.3 is 0 Å². The Kier molecular flexibility index (Phi) is 2.06. The summed E-state index contributed by atoms with van der Waals surface area (Å²) in [5.41, 5.74) is 2.93. The molecule has 1 saturated heterocycles. The quantitative estimate of drug-likeness (QED) is 0.699. The summed E-state index contributed by atoms with van der Waals surface area (Å²) in [6.07, 6.45) is 1.35. The average molecular weight is 205 g/mol. The molecule has 0 radical (unpaired) electrons. The van der Waals surface area contributed by atoms with Crippen molar-refractivity contribution in [2.75, 3.05) is 12.3 Å². The van der Waals surface area contributed by atoms with Crippen molar-refractivity contribution in [3.8, 4) is 0 Å². The summed E-state index contributed by atoms with van der Waals surface area (Å²) in [7, 11) is 0. The van der Waals surface area contributed by atoms with Crippen LogP contribution in [0.5, 0.6) is 0 Å². The van der Waals surface area contributed by atoms with Crippen molar-refractivity contribution in [1.82, 2.24) is 5.32 Å². The average Bonchev–Trinajstić information content (AvgIpc) is 2.65. The molecule has 2 atom stereocenters. The van der Waals surface area contributed by atoms with E-state index in [-0.39, 0.29) is 0 Å². The van der Waals surface area contributed by atoms with Crippen molar-refractivity contribution >= 4 is 11.8 Å². The van der Waals surface area contributed by atoms with Gasteiger partial charge in [-0.25, -0.2) is 0 Å². The normalized spacial score (nSPS) is 29.8. The lowest BCUT2D eigenvalue weighted by Crippen LogP contribution is -2.23. The summed E-state index contributed by atoms with van der Waals surface area (Å²) in [6.45, 7) is 3.38. The fourth-order valence-electron chi connectivity index (χ4n) is 2.54. The third kappa shape index (κ3) is 1.29. The van der Waals surface area contributed by atoms with Crippen LogP contribution >= 0.6 is 11.8 Å². The van der Waals surface area contributed by atoms with Gasteiger partial charge in [0.25, 0.3) is 0 Å². The Labute approximate surface area is 89.3 Å². The summed E-state index contributed by atoms with van der Waals surface area (Å²) < 4.78 is 0. The Hall–Kier alpha value is -0.470. The summed E-state index contributed by atoms with van der Waals surface area (Å²) in [6, 6.07) is 7.51. The second-order valence-electron chi connectivity index (χ2n) is 4.33. The first kappa shape index (κ1) is 8.81. The smallest absolute Gasteiger partial charge is 0.0368 e. The lowest BCUT2D eigenvalue weighted by Gasteiger charge is -2.27. The van der Waals surface area contributed by atoms with Gasteiger partial charge in [0.2, 0.25) is 0 Å². The zero-order valence-electron chi connectivity index (χ0n) is 8.42. The number of hydrogen-bond acceptors (Lipinski definition) is 2. The number of aryl methyl sites for hydroxylation is 1. The van der Waals surface area contributed by atoms with E-state index in [1.807, 2.05) is 11.8 Å². The van der Waals surface area contributed by atoms with E-state index in [4.69, 9.17) is 0 Å². The van der Waals surface area contributed by atoms with Gasteiger partial charge in [0.1, 0.15) is 0 Å². The molecule has 2 heterocycles. The number of nitrogens with one attached hydrogen (secondary N) is 1. The van der Waals surface area contributed by atoms with Gasteiger partial charge in [0.15, 0.2) is 0 Å². The van der Waals surface area contributed by atoms with E-state index in [2.05, 4.69) is 30.4 Å². The van der Waals surface area contributed by atoms with Crippen LogP contribution in [-0.2, 0) is 0 Å². The van der Waals surface area contributed by atoms with Crippen LogP contribution in [-0.4, -0.2) is 12.3 Å². The number of thioether (sulfide) groups is 1. The highest BCUT2D eigenvalue weighted by molar-refractivity contribution is 7.99. The molecule has 2 unspecified atom stereocenters. The molecule has 14 heavy (non-hydrogen) atoms. The Morgan fingerprint density at radius 1 is 1.43 bits per heavy atom. The Morgan fingerprint density at radius 2 is 2.36 bits per heavy atom. The number of rotatable bonds is 0. The molecule has 0 bridgehead atoms. The van der Waals surface area contributed by atoms with Gasteiger partial charge in [-0.15, -0.1) is 11.8 Å². The van der Waals surface area contributed by atoms with E-state index < -0.39 is 0 Å². The lowest BCUT2D eigenvalue weighted by molar-refractivity contribution is 0.496. The van der Waals surface area contributed by atoms with Crippen LogP contribution in [0.15, 0.2) is 23.1 Å². The number of hydrogen-bond donors (Lipinski definition) is 1. The van der Waals surface area contributed by atoms with Crippen LogP contribution < -0.4 is 5.32 Å². The molecule has 2 aliphatic rings. The van der Waals surface area contributed by atoms with E-state index in [1.54, 1.807) is 5.56 Å². The van der Waals surface area contributed by atoms with Crippen molar-refractivity contribution in [3.63, 3.8) is 0 Å². The number of benzene rings is 1. The molecule has 1 aromatic carbocycles. The van der Waals surface area contributed by atoms with E-state index >= 15 is 0 Å². The van der Waals surface area contributed by atoms with E-state index in [9.17, 15) is 0 Å². The topological polar surface area (TPSA) is 12.0 Å². The first-order valence-electron chi connectivity index (χ1n) is 5.31. The molecule has 0 saturated carbocycles. The molecule has 0 amide bonds. The molecule has 1 aromatic rings. The molecule has 1 fully saturated rings. The van der Waals surface area contributed by atoms with Gasteiger partial charge in [-0.3, -0.25) is 0 Å². The molecule has 1 N–H and O–H groups in total. The standard InChI is InChI=1S/C12H15NS/c1-8-2-3-11-10(6-8)12-9(7-14-11)4-5-13-12/h2-3,6,9,12-13H,4-5,7H2,1H3. The highest BCUT2D eigenvalue weighted by Gasteiger charge is 2.33. The van der Waals surface area contributed by atoms with Gasteiger partial charge in [-0.2, -0.15) is 0 Å². The minimum absolute atomic E-state index is 0.645. The third-order valence-electron chi connectivity index (χ3n) is 3.30. The summed E-state index contributed by atoms with van der Waals surface area (Å²) >= 11 is 2.03. The second-order valence-corrected chi connectivity index (χ2v) is 5.39.